The summed E-state index contributed by atoms with van der Waals surface area (Å²) in [5.74, 6) is -0.501. The Morgan fingerprint density at radius 2 is 2.27 bits per heavy atom. The van der Waals surface area contributed by atoms with Crippen LogP contribution in [0, 0.1) is 0 Å². The Morgan fingerprint density at radius 3 is 2.64 bits per heavy atom. The van der Waals surface area contributed by atoms with Gasteiger partial charge >= 0.3 is 0 Å². The molecule has 1 amide bonds. The molecule has 1 atom stereocenters. The van der Waals surface area contributed by atoms with E-state index in [0.29, 0.717) is 0 Å². The van der Waals surface area contributed by atoms with Crippen molar-refractivity contribution in [3.05, 3.63) is 20.8 Å². The highest BCUT2D eigenvalue weighted by atomic mass is 79.9. The summed E-state index contributed by atoms with van der Waals surface area (Å²) in [6.45, 7) is 0. The van der Waals surface area contributed by atoms with Gasteiger partial charge in [0.15, 0.2) is 0 Å². The van der Waals surface area contributed by atoms with Crippen LogP contribution in [-0.4, -0.2) is 5.91 Å². The van der Waals surface area contributed by atoms with Gasteiger partial charge in [0.05, 0.1) is 3.79 Å². The summed E-state index contributed by atoms with van der Waals surface area (Å²) in [5, 5.41) is 0. The lowest BCUT2D eigenvalue weighted by Gasteiger charge is -2.01. The highest BCUT2D eigenvalue weighted by Gasteiger charge is 2.13. The zero-order valence-corrected chi connectivity index (χ0v) is 7.98. The van der Waals surface area contributed by atoms with Crippen LogP contribution in [0.2, 0.25) is 0 Å². The predicted octanol–water partition coefficient (Wildman–Crippen LogP) is 0.996. The molecule has 11 heavy (non-hydrogen) atoms. The molecule has 60 valence electrons. The molecule has 1 aromatic heterocycles. The van der Waals surface area contributed by atoms with Crippen LogP contribution in [0.15, 0.2) is 15.9 Å². The number of carbonyl (C=O) groups excluding carboxylic acids is 1. The summed E-state index contributed by atoms with van der Waals surface area (Å²) < 4.78 is 0.948. The molecular weight excluding hydrogens is 228 g/mol. The third kappa shape index (κ3) is 2.02. The fraction of sp³-hybridized carbons (Fsp3) is 0.167. The molecule has 0 aliphatic heterocycles. The molecule has 0 bridgehead atoms. The van der Waals surface area contributed by atoms with Gasteiger partial charge in [-0.3, -0.25) is 4.79 Å². The predicted molar refractivity (Wildman–Crippen MR) is 48.1 cm³/mol. The van der Waals surface area contributed by atoms with Gasteiger partial charge in [0.1, 0.15) is 6.04 Å². The Labute approximate surface area is 76.5 Å². The van der Waals surface area contributed by atoms with E-state index in [1.54, 1.807) is 6.07 Å². The Kier molecular flexibility index (Phi) is 2.64. The lowest BCUT2D eigenvalue weighted by atomic mass is 10.2. The lowest BCUT2D eigenvalue weighted by molar-refractivity contribution is -0.119. The highest BCUT2D eigenvalue weighted by Crippen LogP contribution is 2.25. The van der Waals surface area contributed by atoms with E-state index >= 15 is 0 Å². The number of hydrogen-bond donors (Lipinski definition) is 2. The first kappa shape index (κ1) is 8.70. The molecule has 0 fully saturated rings. The van der Waals surface area contributed by atoms with Crippen LogP contribution in [0.5, 0.6) is 0 Å². The Balaban J connectivity index is 2.84. The summed E-state index contributed by atoms with van der Waals surface area (Å²) in [6.07, 6.45) is 0. The minimum atomic E-state index is -0.675. The standard InChI is InChI=1S/C6H7BrN2OS/c7-4-2-1-3(11-4)5(8)6(9)10/h1-2,5H,8H2,(H2,9,10). The number of hydrogen-bond acceptors (Lipinski definition) is 3. The van der Waals surface area contributed by atoms with Gasteiger partial charge in [-0.2, -0.15) is 0 Å². The molecule has 0 saturated carbocycles. The van der Waals surface area contributed by atoms with E-state index in [0.717, 1.165) is 8.66 Å². The van der Waals surface area contributed by atoms with Gasteiger partial charge in [0, 0.05) is 4.88 Å². The number of amides is 1. The maximum absolute atomic E-state index is 10.6. The second kappa shape index (κ2) is 3.34. The number of halogens is 1. The SMILES string of the molecule is NC(=O)C(N)c1ccc(Br)s1. The maximum atomic E-state index is 10.6. The van der Waals surface area contributed by atoms with Gasteiger partial charge in [-0.1, -0.05) is 0 Å². The van der Waals surface area contributed by atoms with Crippen molar-refractivity contribution in [2.45, 2.75) is 6.04 Å². The minimum Gasteiger partial charge on any atom is -0.368 e. The van der Waals surface area contributed by atoms with Crippen molar-refractivity contribution in [2.75, 3.05) is 0 Å². The van der Waals surface area contributed by atoms with Crippen molar-refractivity contribution in [1.29, 1.82) is 0 Å². The summed E-state index contributed by atoms with van der Waals surface area (Å²) in [4.78, 5) is 11.4. The fourth-order valence-corrected chi connectivity index (χ4v) is 2.07. The van der Waals surface area contributed by atoms with Crippen LogP contribution >= 0.6 is 27.3 Å². The molecule has 4 N–H and O–H groups in total. The molecule has 0 aromatic carbocycles. The van der Waals surface area contributed by atoms with Crippen LogP contribution in [0.25, 0.3) is 0 Å². The summed E-state index contributed by atoms with van der Waals surface area (Å²) in [6, 6.07) is 2.94. The monoisotopic (exact) mass is 234 g/mol. The van der Waals surface area contributed by atoms with Gasteiger partial charge in [0.25, 0.3) is 0 Å². The molecule has 0 aliphatic carbocycles. The molecule has 0 spiro atoms. The van der Waals surface area contributed by atoms with Crippen molar-refractivity contribution in [3.63, 3.8) is 0 Å². The summed E-state index contributed by atoms with van der Waals surface area (Å²) >= 11 is 4.68. The highest BCUT2D eigenvalue weighted by molar-refractivity contribution is 9.11. The number of thiophene rings is 1. The molecule has 1 rings (SSSR count). The quantitative estimate of drug-likeness (QED) is 0.802. The van der Waals surface area contributed by atoms with Crippen LogP contribution in [0.1, 0.15) is 10.9 Å². The van der Waals surface area contributed by atoms with Crippen LogP contribution in [0.3, 0.4) is 0 Å². The minimum absolute atomic E-state index is 0.501. The van der Waals surface area contributed by atoms with Crippen molar-refractivity contribution in [2.24, 2.45) is 11.5 Å². The van der Waals surface area contributed by atoms with Gasteiger partial charge in [-0.15, -0.1) is 11.3 Å². The molecule has 0 radical (unpaired) electrons. The Hall–Kier alpha value is -0.390. The van der Waals surface area contributed by atoms with Gasteiger partial charge in [-0.05, 0) is 28.1 Å². The zero-order valence-electron chi connectivity index (χ0n) is 5.58. The second-order valence-electron chi connectivity index (χ2n) is 2.02. The average molecular weight is 235 g/mol. The van der Waals surface area contributed by atoms with E-state index < -0.39 is 11.9 Å². The summed E-state index contributed by atoms with van der Waals surface area (Å²) in [5.41, 5.74) is 10.5. The van der Waals surface area contributed by atoms with Crippen LogP contribution in [0.4, 0.5) is 0 Å². The molecule has 1 aromatic rings. The van der Waals surface area contributed by atoms with Gasteiger partial charge in [-0.25, -0.2) is 0 Å². The molecule has 5 heteroatoms. The lowest BCUT2D eigenvalue weighted by Crippen LogP contribution is -2.27. The molecular formula is C6H7BrN2OS. The van der Waals surface area contributed by atoms with Crippen molar-refractivity contribution < 1.29 is 4.79 Å². The van der Waals surface area contributed by atoms with Gasteiger partial charge in [0.2, 0.25) is 5.91 Å². The van der Waals surface area contributed by atoms with Crippen molar-refractivity contribution >= 4 is 33.2 Å². The normalized spacial score (nSPS) is 12.9. The smallest absolute Gasteiger partial charge is 0.239 e. The first-order valence-corrected chi connectivity index (χ1v) is 4.52. The number of rotatable bonds is 2. The Bertz CT molecular complexity index is 273. The van der Waals surface area contributed by atoms with E-state index in [-0.39, 0.29) is 0 Å². The molecule has 1 heterocycles. The van der Waals surface area contributed by atoms with Crippen molar-refractivity contribution in [3.8, 4) is 0 Å². The van der Waals surface area contributed by atoms with E-state index in [4.69, 9.17) is 11.5 Å². The topological polar surface area (TPSA) is 69.1 Å². The summed E-state index contributed by atoms with van der Waals surface area (Å²) in [7, 11) is 0. The van der Waals surface area contributed by atoms with E-state index in [1.165, 1.54) is 11.3 Å². The number of carbonyl (C=O) groups is 1. The first-order chi connectivity index (χ1) is 5.11. The molecule has 3 nitrogen and oxygen atoms in total. The Morgan fingerprint density at radius 1 is 1.64 bits per heavy atom. The van der Waals surface area contributed by atoms with Gasteiger partial charge < -0.3 is 11.5 Å². The van der Waals surface area contributed by atoms with E-state index in [1.807, 2.05) is 6.07 Å². The number of primary amides is 1. The van der Waals surface area contributed by atoms with Crippen molar-refractivity contribution in [1.82, 2.24) is 0 Å². The maximum Gasteiger partial charge on any atom is 0.239 e. The largest absolute Gasteiger partial charge is 0.368 e. The second-order valence-corrected chi connectivity index (χ2v) is 4.52. The average Bonchev–Trinajstić information content (AvgIpc) is 2.34. The third-order valence-corrected chi connectivity index (χ3v) is 2.91. The number of nitrogens with two attached hydrogens (primary N) is 2. The zero-order chi connectivity index (χ0) is 8.43. The van der Waals surface area contributed by atoms with Crippen LogP contribution in [-0.2, 0) is 4.79 Å². The van der Waals surface area contributed by atoms with Crippen LogP contribution < -0.4 is 11.5 Å². The molecule has 0 aliphatic rings. The van der Waals surface area contributed by atoms with E-state index in [2.05, 4.69) is 15.9 Å². The molecule has 1 unspecified atom stereocenters. The third-order valence-electron chi connectivity index (χ3n) is 1.21. The molecule has 0 saturated heterocycles. The van der Waals surface area contributed by atoms with E-state index in [9.17, 15) is 4.79 Å². The fourth-order valence-electron chi connectivity index (χ4n) is 0.636. The first-order valence-electron chi connectivity index (χ1n) is 2.91.